The molecule has 4 heteroatoms. The molecule has 0 saturated carbocycles. The Kier molecular flexibility index (Phi) is 63.9. The first kappa shape index (κ1) is 30.1. The van der Waals surface area contributed by atoms with E-state index in [1.807, 2.05) is 0 Å². The summed E-state index contributed by atoms with van der Waals surface area (Å²) in [5.41, 5.74) is 0. The highest BCUT2D eigenvalue weighted by atomic mass is 16.3. The molecule has 0 aliphatic heterocycles. The molecule has 0 amide bonds. The first-order valence-electron chi connectivity index (χ1n) is 6.32. The fourth-order valence-electron chi connectivity index (χ4n) is 0.758. The molecule has 0 atom stereocenters. The van der Waals surface area contributed by atoms with E-state index in [2.05, 4.69) is 27.7 Å². The van der Waals surface area contributed by atoms with Gasteiger partial charge in [0.2, 0.25) is 0 Å². The number of rotatable bonds is 5. The summed E-state index contributed by atoms with van der Waals surface area (Å²) in [6.07, 6.45) is 6.47. The largest absolute Gasteiger partial charge is 0.412 e. The van der Waals surface area contributed by atoms with Crippen molar-refractivity contribution in [1.82, 2.24) is 6.15 Å². The topological polar surface area (TPSA) is 107 Å². The smallest absolute Gasteiger partial charge is 0.0433 e. The van der Waals surface area contributed by atoms with Crippen LogP contribution < -0.4 is 6.15 Å². The van der Waals surface area contributed by atoms with E-state index in [1.54, 1.807) is 6.92 Å². The third-order valence-corrected chi connectivity index (χ3v) is 1.66. The fraction of sp³-hybridized carbons (Fsp3) is 1.00. The normalized spacial score (nSPS) is 7.76. The quantitative estimate of drug-likeness (QED) is 0.657. The summed E-state index contributed by atoms with van der Waals surface area (Å²) >= 11 is 0. The first-order valence-corrected chi connectivity index (χ1v) is 6.32. The second-order valence-corrected chi connectivity index (χ2v) is 3.93. The molecule has 0 unspecified atom stereocenters. The molecule has 0 aromatic heterocycles. The van der Waals surface area contributed by atoms with Gasteiger partial charge in [-0.1, -0.05) is 53.4 Å². The fourth-order valence-corrected chi connectivity index (χ4v) is 0.758. The second kappa shape index (κ2) is 36.0. The van der Waals surface area contributed by atoms with E-state index in [9.17, 15) is 0 Å². The maximum Gasteiger partial charge on any atom is 0.0433 e. The molecule has 0 aliphatic rings. The van der Waals surface area contributed by atoms with Gasteiger partial charge in [-0.05, 0) is 19.3 Å². The average Bonchev–Trinajstić information content (AvgIpc) is 2.16. The molecule has 0 fully saturated rings. The molecule has 0 rings (SSSR count). The molecule has 0 aromatic rings. The zero-order valence-electron chi connectivity index (χ0n) is 12.6. The van der Waals surface area contributed by atoms with Gasteiger partial charge in [0, 0.05) is 13.2 Å². The lowest BCUT2D eigenvalue weighted by Gasteiger charge is -1.95. The van der Waals surface area contributed by atoms with Crippen molar-refractivity contribution < 1.29 is 15.7 Å². The first-order chi connectivity index (χ1) is 7.10. The summed E-state index contributed by atoms with van der Waals surface area (Å²) in [7, 11) is 0. The SMILES string of the molecule is CC(C)CCO.CCCCCC.CCO.N.O. The van der Waals surface area contributed by atoms with E-state index in [0.717, 1.165) is 6.42 Å². The Morgan fingerprint density at radius 3 is 1.24 bits per heavy atom. The van der Waals surface area contributed by atoms with Crippen LogP contribution in [0.5, 0.6) is 0 Å². The molecular formula is C13H37NO3. The van der Waals surface area contributed by atoms with Gasteiger partial charge < -0.3 is 21.8 Å². The molecule has 7 N–H and O–H groups in total. The maximum atomic E-state index is 8.24. The van der Waals surface area contributed by atoms with Crippen molar-refractivity contribution in [3.8, 4) is 0 Å². The monoisotopic (exact) mass is 255 g/mol. The highest BCUT2D eigenvalue weighted by Crippen LogP contribution is 1.95. The van der Waals surface area contributed by atoms with Gasteiger partial charge in [-0.2, -0.15) is 0 Å². The van der Waals surface area contributed by atoms with Gasteiger partial charge in [0.25, 0.3) is 0 Å². The molecule has 0 spiro atoms. The van der Waals surface area contributed by atoms with E-state index in [0.29, 0.717) is 12.5 Å². The van der Waals surface area contributed by atoms with Gasteiger partial charge in [0.05, 0.1) is 0 Å². The van der Waals surface area contributed by atoms with Crippen molar-refractivity contribution in [2.75, 3.05) is 13.2 Å². The Bertz CT molecular complexity index is 77.1. The highest BCUT2D eigenvalue weighted by molar-refractivity contribution is 4.38. The van der Waals surface area contributed by atoms with Crippen LogP contribution in [-0.4, -0.2) is 28.9 Å². The molecule has 4 nitrogen and oxygen atoms in total. The minimum atomic E-state index is 0. The summed E-state index contributed by atoms with van der Waals surface area (Å²) in [5.74, 6) is 0.648. The van der Waals surface area contributed by atoms with Gasteiger partial charge in [-0.3, -0.25) is 0 Å². The number of aliphatic hydroxyl groups excluding tert-OH is 2. The lowest BCUT2D eigenvalue weighted by molar-refractivity contribution is 0.268. The zero-order valence-corrected chi connectivity index (χ0v) is 12.6. The number of unbranched alkanes of at least 4 members (excludes halogenated alkanes) is 3. The third kappa shape index (κ3) is 89.0. The standard InChI is InChI=1S/C6H14.C5H12O.C2H6O.H3N.H2O/c1-3-5-6-4-2;1-5(2)3-4-6;1-2-3;;/h3-6H2,1-2H3;5-6H,3-4H2,1-2H3;3H,2H2,1H3;1H3;1H2. The molecule has 0 aromatic carbocycles. The molecule has 0 heterocycles. The highest BCUT2D eigenvalue weighted by Gasteiger charge is 1.86. The van der Waals surface area contributed by atoms with Crippen LogP contribution in [0.4, 0.5) is 0 Å². The van der Waals surface area contributed by atoms with Crippen LogP contribution in [-0.2, 0) is 0 Å². The predicted molar refractivity (Wildman–Crippen MR) is 77.8 cm³/mol. The van der Waals surface area contributed by atoms with E-state index in [4.69, 9.17) is 10.2 Å². The molecule has 0 radical (unpaired) electrons. The van der Waals surface area contributed by atoms with Crippen LogP contribution in [0.3, 0.4) is 0 Å². The summed E-state index contributed by atoms with van der Waals surface area (Å²) in [6, 6.07) is 0. The second-order valence-electron chi connectivity index (χ2n) is 3.93. The van der Waals surface area contributed by atoms with Crippen LogP contribution in [0.1, 0.15) is 66.7 Å². The lowest BCUT2D eigenvalue weighted by Crippen LogP contribution is -1.89. The van der Waals surface area contributed by atoms with Crippen LogP contribution >= 0.6 is 0 Å². The van der Waals surface area contributed by atoms with Crippen molar-refractivity contribution in [2.24, 2.45) is 5.92 Å². The number of hydrogen-bond acceptors (Lipinski definition) is 3. The summed E-state index contributed by atoms with van der Waals surface area (Å²) in [4.78, 5) is 0. The molecule has 17 heavy (non-hydrogen) atoms. The predicted octanol–water partition coefficient (Wildman–Crippen LogP) is 2.95. The van der Waals surface area contributed by atoms with E-state index >= 15 is 0 Å². The van der Waals surface area contributed by atoms with Crippen molar-refractivity contribution in [2.45, 2.75) is 66.7 Å². The van der Waals surface area contributed by atoms with Gasteiger partial charge in [-0.15, -0.1) is 0 Å². The Balaban J connectivity index is -0.0000000421. The van der Waals surface area contributed by atoms with Gasteiger partial charge >= 0.3 is 0 Å². The van der Waals surface area contributed by atoms with Crippen molar-refractivity contribution in [3.63, 3.8) is 0 Å². The van der Waals surface area contributed by atoms with Crippen molar-refractivity contribution >= 4 is 0 Å². The third-order valence-electron chi connectivity index (χ3n) is 1.66. The van der Waals surface area contributed by atoms with Gasteiger partial charge in [0.1, 0.15) is 0 Å². The van der Waals surface area contributed by atoms with Gasteiger partial charge in [-0.25, -0.2) is 0 Å². The van der Waals surface area contributed by atoms with Gasteiger partial charge in [0.15, 0.2) is 0 Å². The van der Waals surface area contributed by atoms with Crippen LogP contribution in [0.2, 0.25) is 0 Å². The van der Waals surface area contributed by atoms with Crippen LogP contribution in [0.15, 0.2) is 0 Å². The van der Waals surface area contributed by atoms with E-state index < -0.39 is 0 Å². The molecule has 0 bridgehead atoms. The Hall–Kier alpha value is -0.160. The Morgan fingerprint density at radius 1 is 0.882 bits per heavy atom. The minimum absolute atomic E-state index is 0. The van der Waals surface area contributed by atoms with Crippen molar-refractivity contribution in [3.05, 3.63) is 0 Å². The summed E-state index contributed by atoms with van der Waals surface area (Å²) < 4.78 is 0. The average molecular weight is 255 g/mol. The van der Waals surface area contributed by atoms with Crippen molar-refractivity contribution in [1.29, 1.82) is 0 Å². The molecule has 112 valence electrons. The number of hydrogen-bond donors (Lipinski definition) is 3. The summed E-state index contributed by atoms with van der Waals surface area (Å²) in [6.45, 7) is 10.9. The Morgan fingerprint density at radius 2 is 1.18 bits per heavy atom. The zero-order chi connectivity index (χ0) is 12.5. The lowest BCUT2D eigenvalue weighted by atomic mass is 10.2. The van der Waals surface area contributed by atoms with E-state index in [1.165, 1.54) is 25.7 Å². The molecule has 0 aliphatic carbocycles. The van der Waals surface area contributed by atoms with Crippen LogP contribution in [0, 0.1) is 5.92 Å². The molecular weight excluding hydrogens is 218 g/mol. The molecule has 0 saturated heterocycles. The Labute approximate surface area is 108 Å². The van der Waals surface area contributed by atoms with Crippen LogP contribution in [0.25, 0.3) is 0 Å². The number of aliphatic hydroxyl groups is 2. The maximum absolute atomic E-state index is 8.24. The summed E-state index contributed by atoms with van der Waals surface area (Å²) in [5, 5.41) is 15.8. The minimum Gasteiger partial charge on any atom is -0.412 e. The van der Waals surface area contributed by atoms with E-state index in [-0.39, 0.29) is 18.2 Å².